The van der Waals surface area contributed by atoms with Gasteiger partial charge in [0, 0.05) is 6.92 Å². The molecule has 1 aromatic carbocycles. The molecule has 1 aromatic rings. The van der Waals surface area contributed by atoms with Crippen molar-refractivity contribution >= 4 is 12.0 Å². The van der Waals surface area contributed by atoms with Crippen LogP contribution in [0.5, 0.6) is 0 Å². The van der Waals surface area contributed by atoms with E-state index in [0.29, 0.717) is 10.8 Å². The minimum absolute atomic E-state index is 0.108. The van der Waals surface area contributed by atoms with E-state index in [2.05, 4.69) is 62.4 Å². The van der Waals surface area contributed by atoms with Gasteiger partial charge in [0.1, 0.15) is 6.10 Å². The summed E-state index contributed by atoms with van der Waals surface area (Å²) in [5, 5.41) is 0. The number of hydrogen-bond acceptors (Lipinski definition) is 2. The first-order valence-electron chi connectivity index (χ1n) is 12.5. The second-order valence-electron chi connectivity index (χ2n) is 11.3. The molecule has 3 fully saturated rings. The van der Waals surface area contributed by atoms with Crippen LogP contribution in [-0.2, 0) is 9.53 Å². The molecule has 0 saturated heterocycles. The Morgan fingerprint density at radius 2 is 1.81 bits per heavy atom. The molecule has 0 spiro atoms. The molecule has 0 bridgehead atoms. The maximum Gasteiger partial charge on any atom is 0.302 e. The van der Waals surface area contributed by atoms with Crippen LogP contribution in [0.3, 0.4) is 0 Å². The van der Waals surface area contributed by atoms with Crippen molar-refractivity contribution in [3.63, 3.8) is 0 Å². The van der Waals surface area contributed by atoms with Gasteiger partial charge in [-0.15, -0.1) is 0 Å². The van der Waals surface area contributed by atoms with Crippen molar-refractivity contribution in [2.24, 2.45) is 34.5 Å². The highest BCUT2D eigenvalue weighted by atomic mass is 16.5. The first kappa shape index (κ1) is 21.0. The van der Waals surface area contributed by atoms with Crippen molar-refractivity contribution in [1.82, 2.24) is 0 Å². The Hall–Kier alpha value is -1.83. The van der Waals surface area contributed by atoms with E-state index < -0.39 is 0 Å². The zero-order chi connectivity index (χ0) is 21.6. The lowest BCUT2D eigenvalue weighted by Crippen LogP contribution is -2.53. The second kappa shape index (κ2) is 7.94. The SMILES string of the molecule is CC(=O)OC1CCC2(C)C(CCC3C4CC=C(/C=C\c5ccccc5)C4(C)CCC32)C1. The summed E-state index contributed by atoms with van der Waals surface area (Å²) in [6, 6.07) is 10.7. The largest absolute Gasteiger partial charge is 0.463 e. The van der Waals surface area contributed by atoms with Crippen LogP contribution in [0.25, 0.3) is 6.08 Å². The third-order valence-electron chi connectivity index (χ3n) is 9.85. The van der Waals surface area contributed by atoms with Crippen LogP contribution in [-0.4, -0.2) is 12.1 Å². The molecule has 0 aliphatic heterocycles. The average molecular weight is 419 g/mol. The molecule has 0 heterocycles. The molecule has 4 aliphatic carbocycles. The van der Waals surface area contributed by atoms with Crippen LogP contribution in [0, 0.1) is 34.5 Å². The molecular formula is C29H38O2. The van der Waals surface area contributed by atoms with Crippen LogP contribution in [0.2, 0.25) is 0 Å². The number of hydrogen-bond donors (Lipinski definition) is 0. The first-order valence-corrected chi connectivity index (χ1v) is 12.5. The fraction of sp³-hybridized carbons (Fsp3) is 0.621. The third-order valence-corrected chi connectivity index (χ3v) is 9.85. The van der Waals surface area contributed by atoms with E-state index in [1.807, 2.05) is 0 Å². The molecule has 31 heavy (non-hydrogen) atoms. The van der Waals surface area contributed by atoms with Gasteiger partial charge in [0.2, 0.25) is 0 Å². The molecule has 3 saturated carbocycles. The molecular weight excluding hydrogens is 380 g/mol. The topological polar surface area (TPSA) is 26.3 Å². The van der Waals surface area contributed by atoms with E-state index in [1.165, 1.54) is 44.1 Å². The van der Waals surface area contributed by atoms with Crippen LogP contribution in [0.1, 0.15) is 77.7 Å². The van der Waals surface area contributed by atoms with E-state index in [-0.39, 0.29) is 12.1 Å². The molecule has 166 valence electrons. The molecule has 4 aliphatic rings. The smallest absolute Gasteiger partial charge is 0.302 e. The highest BCUT2D eigenvalue weighted by Crippen LogP contribution is 2.66. The number of esters is 1. The Labute approximate surface area is 188 Å². The van der Waals surface area contributed by atoms with Gasteiger partial charge >= 0.3 is 5.97 Å². The van der Waals surface area contributed by atoms with Gasteiger partial charge in [-0.1, -0.05) is 62.4 Å². The quantitative estimate of drug-likeness (QED) is 0.485. The number of ether oxygens (including phenoxy) is 1. The lowest BCUT2D eigenvalue weighted by molar-refractivity contribution is -0.158. The Morgan fingerprint density at radius 3 is 2.58 bits per heavy atom. The van der Waals surface area contributed by atoms with Crippen LogP contribution >= 0.6 is 0 Å². The molecule has 5 rings (SSSR count). The zero-order valence-corrected chi connectivity index (χ0v) is 19.5. The average Bonchev–Trinajstić information content (AvgIpc) is 3.09. The minimum Gasteiger partial charge on any atom is -0.463 e. The lowest BCUT2D eigenvalue weighted by atomic mass is 9.44. The monoisotopic (exact) mass is 418 g/mol. The van der Waals surface area contributed by atoms with Gasteiger partial charge in [-0.3, -0.25) is 4.79 Å². The highest BCUT2D eigenvalue weighted by molar-refractivity contribution is 5.66. The van der Waals surface area contributed by atoms with Gasteiger partial charge in [-0.05, 0) is 97.0 Å². The fourth-order valence-corrected chi connectivity index (χ4v) is 8.17. The Morgan fingerprint density at radius 1 is 1.00 bits per heavy atom. The molecule has 0 radical (unpaired) electrons. The Bertz CT molecular complexity index is 883. The number of carbonyl (C=O) groups excluding carboxylic acids is 1. The number of carbonyl (C=O) groups is 1. The maximum absolute atomic E-state index is 11.5. The normalized spacial score (nSPS) is 41.8. The summed E-state index contributed by atoms with van der Waals surface area (Å²) in [6.07, 6.45) is 17.4. The summed E-state index contributed by atoms with van der Waals surface area (Å²) in [4.78, 5) is 11.5. The van der Waals surface area contributed by atoms with Crippen molar-refractivity contribution in [1.29, 1.82) is 0 Å². The van der Waals surface area contributed by atoms with Crippen molar-refractivity contribution < 1.29 is 9.53 Å². The van der Waals surface area contributed by atoms with Crippen LogP contribution in [0.15, 0.2) is 48.1 Å². The third kappa shape index (κ3) is 3.60. The number of fused-ring (bicyclic) bond motifs is 5. The van der Waals surface area contributed by atoms with Gasteiger partial charge in [-0.2, -0.15) is 0 Å². The minimum atomic E-state index is -0.108. The number of benzene rings is 1. The molecule has 7 atom stereocenters. The fourth-order valence-electron chi connectivity index (χ4n) is 8.17. The molecule has 2 nitrogen and oxygen atoms in total. The lowest BCUT2D eigenvalue weighted by Gasteiger charge is -2.60. The number of rotatable bonds is 3. The van der Waals surface area contributed by atoms with Gasteiger partial charge in [0.15, 0.2) is 0 Å². The standard InChI is InChI=1S/C29H38O2/c1-20(30)31-24-15-17-29(3)23(19-24)11-13-25-26-14-12-22(28(26,2)18-16-27(25)29)10-9-21-7-5-4-6-8-21/h4-10,12,23-27H,11,13-19H2,1-3H3/b10-9-. The van der Waals surface area contributed by atoms with E-state index in [0.717, 1.165) is 36.5 Å². The van der Waals surface area contributed by atoms with E-state index in [1.54, 1.807) is 12.5 Å². The molecule has 7 unspecified atom stereocenters. The van der Waals surface area contributed by atoms with Gasteiger partial charge < -0.3 is 4.74 Å². The predicted octanol–water partition coefficient (Wildman–Crippen LogP) is 7.21. The van der Waals surface area contributed by atoms with E-state index in [9.17, 15) is 4.79 Å². The maximum atomic E-state index is 11.5. The van der Waals surface area contributed by atoms with Crippen LogP contribution in [0.4, 0.5) is 0 Å². The Kier molecular flexibility index (Phi) is 5.39. The Balaban J connectivity index is 1.32. The van der Waals surface area contributed by atoms with Crippen molar-refractivity contribution in [2.45, 2.75) is 78.2 Å². The predicted molar refractivity (Wildman–Crippen MR) is 126 cm³/mol. The molecule has 0 aromatic heterocycles. The highest BCUT2D eigenvalue weighted by Gasteiger charge is 2.58. The summed E-state index contributed by atoms with van der Waals surface area (Å²) in [5.74, 6) is 3.11. The summed E-state index contributed by atoms with van der Waals surface area (Å²) in [6.45, 7) is 6.69. The van der Waals surface area contributed by atoms with Gasteiger partial charge in [-0.25, -0.2) is 0 Å². The summed E-state index contributed by atoms with van der Waals surface area (Å²) >= 11 is 0. The van der Waals surface area contributed by atoms with Crippen LogP contribution < -0.4 is 0 Å². The molecule has 2 heteroatoms. The summed E-state index contributed by atoms with van der Waals surface area (Å²) < 4.78 is 5.63. The van der Waals surface area contributed by atoms with Crippen molar-refractivity contribution in [3.8, 4) is 0 Å². The van der Waals surface area contributed by atoms with Crippen molar-refractivity contribution in [2.75, 3.05) is 0 Å². The van der Waals surface area contributed by atoms with Gasteiger partial charge in [0.05, 0.1) is 0 Å². The summed E-state index contributed by atoms with van der Waals surface area (Å²) in [7, 11) is 0. The molecule has 0 amide bonds. The van der Waals surface area contributed by atoms with E-state index in [4.69, 9.17) is 4.74 Å². The van der Waals surface area contributed by atoms with E-state index >= 15 is 0 Å². The summed E-state index contributed by atoms with van der Waals surface area (Å²) in [5.41, 5.74) is 3.64. The first-order chi connectivity index (χ1) is 14.9. The second-order valence-corrected chi connectivity index (χ2v) is 11.3. The van der Waals surface area contributed by atoms with Crippen molar-refractivity contribution in [3.05, 3.63) is 53.6 Å². The molecule has 0 N–H and O–H groups in total. The zero-order valence-electron chi connectivity index (χ0n) is 19.5. The van der Waals surface area contributed by atoms with Gasteiger partial charge in [0.25, 0.3) is 0 Å². The number of allylic oxidation sites excluding steroid dienone is 3.